The van der Waals surface area contributed by atoms with Gasteiger partial charge < -0.3 is 14.9 Å². The van der Waals surface area contributed by atoms with E-state index in [0.29, 0.717) is 19.4 Å². The van der Waals surface area contributed by atoms with Crippen molar-refractivity contribution >= 4 is 5.97 Å². The Morgan fingerprint density at radius 3 is 2.76 bits per heavy atom. The van der Waals surface area contributed by atoms with Crippen LogP contribution in [-0.2, 0) is 9.53 Å². The monoisotopic (exact) mass is 232 g/mol. The average Bonchev–Trinajstić information content (AvgIpc) is 2.20. The minimum atomic E-state index is -1.06. The summed E-state index contributed by atoms with van der Waals surface area (Å²) in [5.41, 5.74) is -0.206. The maximum Gasteiger partial charge on any atom is 1.00 e. The number of carboxylic acids is 1. The first-order chi connectivity index (χ1) is 7.44. The van der Waals surface area contributed by atoms with Crippen LogP contribution >= 0.6 is 0 Å². The molecule has 2 unspecified atom stereocenters. The Hall–Kier alpha value is -0.533. The molecule has 0 radical (unpaired) electrons. The van der Waals surface area contributed by atoms with Crippen molar-refractivity contribution < 1.29 is 38.6 Å². The molecule has 17 heavy (non-hydrogen) atoms. The van der Waals surface area contributed by atoms with Gasteiger partial charge in [0.05, 0.1) is 0 Å². The molecular formula is C12H17LiO4. The van der Waals surface area contributed by atoms with E-state index >= 15 is 0 Å². The third kappa shape index (κ3) is 5.56. The van der Waals surface area contributed by atoms with E-state index in [2.05, 4.69) is 0 Å². The maximum atomic E-state index is 11.5. The van der Waals surface area contributed by atoms with E-state index in [9.17, 15) is 9.90 Å². The van der Waals surface area contributed by atoms with Crippen LogP contribution in [0.4, 0.5) is 0 Å². The standard InChI is InChI=1S/C12H17O4.Li/c1-3-16-10(11(13)14)8-9-4-6-12(2,15)7-5-9;/h4-6,10H,3,7-8H2,1-2H3,(H,13,14);/q-1;+1. The second-order valence-electron chi connectivity index (χ2n) is 4.12. The Morgan fingerprint density at radius 1 is 1.71 bits per heavy atom. The fourth-order valence-electron chi connectivity index (χ4n) is 1.54. The molecule has 90 valence electrons. The third-order valence-electron chi connectivity index (χ3n) is 2.48. The Kier molecular flexibility index (Phi) is 6.80. The van der Waals surface area contributed by atoms with Crippen LogP contribution in [0.1, 0.15) is 26.7 Å². The first kappa shape index (κ1) is 16.5. The van der Waals surface area contributed by atoms with Gasteiger partial charge in [-0.15, -0.1) is 0 Å². The van der Waals surface area contributed by atoms with Gasteiger partial charge in [0.15, 0.2) is 6.10 Å². The van der Waals surface area contributed by atoms with E-state index in [1.807, 2.05) is 0 Å². The molecule has 4 nitrogen and oxygen atoms in total. The number of carboxylic acid groups (broad SMARTS) is 1. The number of aliphatic carboxylic acids is 1. The van der Waals surface area contributed by atoms with E-state index in [0.717, 1.165) is 5.57 Å². The molecule has 2 atom stereocenters. The van der Waals surface area contributed by atoms with E-state index in [4.69, 9.17) is 9.84 Å². The van der Waals surface area contributed by atoms with E-state index < -0.39 is 17.7 Å². The Labute approximate surface area is 114 Å². The zero-order valence-corrected chi connectivity index (χ0v) is 10.6. The van der Waals surface area contributed by atoms with Gasteiger partial charge in [0.2, 0.25) is 0 Å². The number of hydrogen-bond donors (Lipinski definition) is 1. The number of rotatable bonds is 5. The molecule has 1 aliphatic carbocycles. The molecule has 1 rings (SSSR count). The smallest absolute Gasteiger partial charge is 0.846 e. The van der Waals surface area contributed by atoms with Gasteiger partial charge in [-0.05, 0) is 18.9 Å². The Bertz CT molecular complexity index is 320. The molecule has 1 N–H and O–H groups in total. The van der Waals surface area contributed by atoms with Crippen molar-refractivity contribution in [1.29, 1.82) is 0 Å². The molecule has 0 aromatic rings. The number of carbonyl (C=O) groups is 1. The van der Waals surface area contributed by atoms with Gasteiger partial charge in [0, 0.05) is 13.0 Å². The average molecular weight is 232 g/mol. The second kappa shape index (κ2) is 7.02. The molecular weight excluding hydrogens is 215 g/mol. The molecule has 0 heterocycles. The number of hydrogen-bond acceptors (Lipinski definition) is 3. The van der Waals surface area contributed by atoms with Crippen LogP contribution in [0.5, 0.6) is 0 Å². The molecule has 0 bridgehead atoms. The number of ether oxygens (including phenoxy) is 1. The van der Waals surface area contributed by atoms with Crippen molar-refractivity contribution in [1.82, 2.24) is 0 Å². The van der Waals surface area contributed by atoms with Gasteiger partial charge >= 0.3 is 24.8 Å². The normalized spacial score (nSPS) is 24.8. The summed E-state index contributed by atoms with van der Waals surface area (Å²) in [5.74, 6) is -0.966. The molecule has 0 amide bonds. The van der Waals surface area contributed by atoms with Gasteiger partial charge in [-0.2, -0.15) is 0 Å². The summed E-state index contributed by atoms with van der Waals surface area (Å²) in [7, 11) is 0. The van der Waals surface area contributed by atoms with E-state index in [-0.39, 0.29) is 18.9 Å². The van der Waals surface area contributed by atoms with Gasteiger partial charge in [-0.3, -0.25) is 0 Å². The molecule has 1 aliphatic rings. The summed E-state index contributed by atoms with van der Waals surface area (Å²) in [4.78, 5) is 10.9. The molecule has 0 saturated heterocycles. The summed E-state index contributed by atoms with van der Waals surface area (Å²) in [6, 6.07) is 0. The molecule has 0 saturated carbocycles. The predicted octanol–water partition coefficient (Wildman–Crippen LogP) is -2.12. The van der Waals surface area contributed by atoms with Crippen LogP contribution in [0.25, 0.3) is 0 Å². The molecule has 0 aromatic carbocycles. The van der Waals surface area contributed by atoms with Crippen LogP contribution in [0.15, 0.2) is 23.8 Å². The predicted molar refractivity (Wildman–Crippen MR) is 57.9 cm³/mol. The van der Waals surface area contributed by atoms with Crippen molar-refractivity contribution in [2.24, 2.45) is 0 Å². The first-order valence-electron chi connectivity index (χ1n) is 5.37. The van der Waals surface area contributed by atoms with Crippen LogP contribution < -0.4 is 24.0 Å². The molecule has 0 aromatic heterocycles. The first-order valence-corrected chi connectivity index (χ1v) is 5.37. The van der Waals surface area contributed by atoms with Crippen LogP contribution in [0.2, 0.25) is 0 Å². The van der Waals surface area contributed by atoms with Crippen LogP contribution in [-0.4, -0.2) is 29.4 Å². The Balaban J connectivity index is 0.00000256. The zero-order valence-electron chi connectivity index (χ0n) is 10.6. The quantitative estimate of drug-likeness (QED) is 0.550. The van der Waals surface area contributed by atoms with Crippen molar-refractivity contribution in [3.63, 3.8) is 0 Å². The van der Waals surface area contributed by atoms with E-state index in [1.54, 1.807) is 32.1 Å². The fraction of sp³-hybridized carbons (Fsp3) is 0.583. The van der Waals surface area contributed by atoms with Gasteiger partial charge in [-0.25, -0.2) is 4.79 Å². The summed E-state index contributed by atoms with van der Waals surface area (Å²) in [5, 5.41) is 20.4. The third-order valence-corrected chi connectivity index (χ3v) is 2.48. The minimum Gasteiger partial charge on any atom is -0.846 e. The minimum absolute atomic E-state index is 0. The summed E-state index contributed by atoms with van der Waals surface area (Å²) >= 11 is 0. The van der Waals surface area contributed by atoms with Crippen LogP contribution in [0, 0.1) is 0 Å². The topological polar surface area (TPSA) is 69.6 Å². The summed E-state index contributed by atoms with van der Waals surface area (Å²) < 4.78 is 5.11. The van der Waals surface area contributed by atoms with Gasteiger partial charge in [0.1, 0.15) is 0 Å². The largest absolute Gasteiger partial charge is 1.00 e. The van der Waals surface area contributed by atoms with Gasteiger partial charge in [-0.1, -0.05) is 30.8 Å². The van der Waals surface area contributed by atoms with Gasteiger partial charge in [0.25, 0.3) is 0 Å². The van der Waals surface area contributed by atoms with Crippen molar-refractivity contribution in [2.75, 3.05) is 6.61 Å². The Morgan fingerprint density at radius 2 is 2.35 bits per heavy atom. The van der Waals surface area contributed by atoms with Crippen molar-refractivity contribution in [3.05, 3.63) is 23.8 Å². The molecule has 5 heteroatoms. The van der Waals surface area contributed by atoms with Crippen molar-refractivity contribution in [3.8, 4) is 0 Å². The van der Waals surface area contributed by atoms with Crippen LogP contribution in [0.3, 0.4) is 0 Å². The molecule has 0 fully saturated rings. The SMILES string of the molecule is CCOC(CC1=CCC(C)([O-])C=C1)C(=O)O.[Li+]. The van der Waals surface area contributed by atoms with Crippen molar-refractivity contribution in [2.45, 2.75) is 38.4 Å². The van der Waals surface area contributed by atoms with E-state index in [1.165, 1.54) is 0 Å². The fourth-order valence-corrected chi connectivity index (χ4v) is 1.54. The zero-order chi connectivity index (χ0) is 12.2. The summed E-state index contributed by atoms with van der Waals surface area (Å²) in [6.07, 6.45) is 4.96. The maximum absolute atomic E-state index is 11.5. The number of allylic oxidation sites excluding steroid dienone is 1. The molecule has 0 spiro atoms. The summed E-state index contributed by atoms with van der Waals surface area (Å²) in [6.45, 7) is 3.73. The molecule has 0 aliphatic heterocycles. The second-order valence-corrected chi connectivity index (χ2v) is 4.12.